The molecule has 0 aliphatic heterocycles. The molecule has 1 unspecified atom stereocenters. The van der Waals surface area contributed by atoms with Crippen molar-refractivity contribution in [3.05, 3.63) is 0 Å². The molecule has 0 fully saturated rings. The Morgan fingerprint density at radius 3 is 2.00 bits per heavy atom. The third kappa shape index (κ3) is 5.12. The van der Waals surface area contributed by atoms with Crippen LogP contribution in [0.1, 0.15) is 0 Å². The number of hydrogen-bond acceptors (Lipinski definition) is 1. The molecular weight excluding hydrogens is 208 g/mol. The molecule has 0 heterocycles. The van der Waals surface area contributed by atoms with Crippen LogP contribution in [0.25, 0.3) is 0 Å². The van der Waals surface area contributed by atoms with Crippen molar-refractivity contribution in [2.45, 2.75) is 0 Å². The van der Waals surface area contributed by atoms with E-state index in [-0.39, 0.29) is 0 Å². The molecule has 0 amide bonds. The van der Waals surface area contributed by atoms with Crippen molar-refractivity contribution in [1.82, 2.24) is 3.30 Å². The van der Waals surface area contributed by atoms with E-state index in [1.165, 1.54) is 0 Å². The fourth-order valence-electron chi connectivity index (χ4n) is 0.189. The number of halogens is 1. The predicted octanol–water partition coefficient (Wildman–Crippen LogP) is 1.48. The van der Waals surface area contributed by atoms with E-state index in [0.717, 1.165) is 8.73 Å². The Labute approximate surface area is 48.9 Å². The Hall–Kier alpha value is 1.12. The molecule has 3 heteroatoms. The van der Waals surface area contributed by atoms with Gasteiger partial charge in [0.15, 0.2) is 0 Å². The molecule has 1 atom stereocenters. The second kappa shape index (κ2) is 4.28. The SMILES string of the molecule is CPNI(C)C. The van der Waals surface area contributed by atoms with Gasteiger partial charge in [0.2, 0.25) is 0 Å². The molecule has 0 rings (SSSR count). The standard InChI is InChI=1S/C3H11INP/c1-4(2)5-6-3/h5-6H,1-3H3. The van der Waals surface area contributed by atoms with Crippen molar-refractivity contribution in [2.24, 2.45) is 0 Å². The van der Waals surface area contributed by atoms with Crippen LogP contribution in [0.3, 0.4) is 0 Å². The molecule has 0 aromatic heterocycles. The van der Waals surface area contributed by atoms with Crippen LogP contribution in [0, 0.1) is 0 Å². The van der Waals surface area contributed by atoms with Crippen molar-refractivity contribution in [3.8, 4) is 0 Å². The van der Waals surface area contributed by atoms with Crippen molar-refractivity contribution in [1.29, 1.82) is 0 Å². The summed E-state index contributed by atoms with van der Waals surface area (Å²) in [6, 6.07) is 0. The summed E-state index contributed by atoms with van der Waals surface area (Å²) < 4.78 is 3.39. The fraction of sp³-hybridized carbons (Fsp3) is 1.00. The minimum atomic E-state index is -0.545. The summed E-state index contributed by atoms with van der Waals surface area (Å²) in [4.78, 5) is 4.61. The summed E-state index contributed by atoms with van der Waals surface area (Å²) in [7, 11) is 0.958. The van der Waals surface area contributed by atoms with E-state index in [0.29, 0.717) is 0 Å². The number of hydrogen-bond donors (Lipinski definition) is 1. The molecule has 0 saturated carbocycles. The van der Waals surface area contributed by atoms with E-state index >= 15 is 0 Å². The van der Waals surface area contributed by atoms with Gasteiger partial charge in [0.05, 0.1) is 0 Å². The van der Waals surface area contributed by atoms with Gasteiger partial charge in [0, 0.05) is 0 Å². The van der Waals surface area contributed by atoms with Crippen molar-refractivity contribution in [3.63, 3.8) is 0 Å². The Kier molecular flexibility index (Phi) is 5.08. The van der Waals surface area contributed by atoms with Crippen molar-refractivity contribution >= 4 is 28.8 Å². The Bertz CT molecular complexity index is 32.0. The molecule has 0 spiro atoms. The predicted molar refractivity (Wildman–Crippen MR) is 43.2 cm³/mol. The van der Waals surface area contributed by atoms with Gasteiger partial charge in [-0.2, -0.15) is 0 Å². The van der Waals surface area contributed by atoms with Gasteiger partial charge in [-0.15, -0.1) is 0 Å². The third-order valence-electron chi connectivity index (χ3n) is 0.283. The molecular formula is C3H11INP. The van der Waals surface area contributed by atoms with E-state index in [9.17, 15) is 0 Å². The second-order valence-electron chi connectivity index (χ2n) is 1.10. The molecule has 0 aliphatic rings. The molecule has 0 saturated heterocycles. The molecule has 1 N–H and O–H groups in total. The normalized spacial score (nSPS) is 13.5. The zero-order chi connectivity index (χ0) is 4.99. The number of rotatable bonds is 2. The van der Waals surface area contributed by atoms with Crippen LogP contribution in [0.15, 0.2) is 0 Å². The zero-order valence-electron chi connectivity index (χ0n) is 4.38. The van der Waals surface area contributed by atoms with Gasteiger partial charge in [0.25, 0.3) is 0 Å². The van der Waals surface area contributed by atoms with Gasteiger partial charge >= 0.3 is 48.7 Å². The van der Waals surface area contributed by atoms with Crippen LogP contribution < -0.4 is 3.30 Å². The first-order valence-electron chi connectivity index (χ1n) is 1.69. The average molecular weight is 219 g/mol. The van der Waals surface area contributed by atoms with Crippen LogP contribution in [-0.4, -0.2) is 16.5 Å². The monoisotopic (exact) mass is 219 g/mol. The van der Waals surface area contributed by atoms with E-state index < -0.39 is 20.1 Å². The van der Waals surface area contributed by atoms with Crippen LogP contribution in [0.4, 0.5) is 0 Å². The summed E-state index contributed by atoms with van der Waals surface area (Å²) in [5.74, 6) is 0. The van der Waals surface area contributed by atoms with Gasteiger partial charge in [0.1, 0.15) is 0 Å². The molecule has 0 radical (unpaired) electrons. The van der Waals surface area contributed by atoms with Gasteiger partial charge in [-0.25, -0.2) is 0 Å². The summed E-state index contributed by atoms with van der Waals surface area (Å²) in [6.45, 7) is 2.18. The first kappa shape index (κ1) is 7.12. The van der Waals surface area contributed by atoms with E-state index in [2.05, 4.69) is 19.8 Å². The maximum atomic E-state index is 3.39. The topological polar surface area (TPSA) is 12.0 Å². The molecule has 40 valence electrons. The minimum absolute atomic E-state index is 0.545. The van der Waals surface area contributed by atoms with E-state index in [4.69, 9.17) is 0 Å². The number of alkyl halides is 2. The van der Waals surface area contributed by atoms with E-state index in [1.807, 2.05) is 0 Å². The quantitative estimate of drug-likeness (QED) is 0.321. The average Bonchev–Trinajstić information content (AvgIpc) is 1.35. The number of nitrogens with one attached hydrogen (secondary N) is 1. The summed E-state index contributed by atoms with van der Waals surface area (Å²) >= 11 is -0.545. The molecule has 0 bridgehead atoms. The van der Waals surface area contributed by atoms with Gasteiger partial charge in [-0.1, -0.05) is 0 Å². The van der Waals surface area contributed by atoms with Crippen LogP contribution >= 0.6 is 28.8 Å². The second-order valence-corrected chi connectivity index (χ2v) is 7.72. The van der Waals surface area contributed by atoms with Crippen molar-refractivity contribution < 1.29 is 0 Å². The van der Waals surface area contributed by atoms with Gasteiger partial charge < -0.3 is 0 Å². The molecule has 0 aromatic rings. The summed E-state index contributed by atoms with van der Waals surface area (Å²) in [5.41, 5.74) is 0. The molecule has 0 aliphatic carbocycles. The molecule has 0 aromatic carbocycles. The van der Waals surface area contributed by atoms with Crippen LogP contribution in [-0.2, 0) is 0 Å². The van der Waals surface area contributed by atoms with Crippen LogP contribution in [0.5, 0.6) is 0 Å². The Morgan fingerprint density at radius 1 is 1.50 bits per heavy atom. The zero-order valence-corrected chi connectivity index (χ0v) is 7.54. The van der Waals surface area contributed by atoms with Gasteiger partial charge in [-0.05, 0) is 0 Å². The maximum absolute atomic E-state index is 3.39. The van der Waals surface area contributed by atoms with E-state index in [1.54, 1.807) is 0 Å². The first-order valence-corrected chi connectivity index (χ1v) is 8.59. The third-order valence-corrected chi connectivity index (χ3v) is 5.70. The summed E-state index contributed by atoms with van der Waals surface area (Å²) in [5, 5.41) is 0. The molecule has 1 nitrogen and oxygen atoms in total. The molecule has 6 heavy (non-hydrogen) atoms. The van der Waals surface area contributed by atoms with Gasteiger partial charge in [-0.3, -0.25) is 0 Å². The fourth-order valence-corrected chi connectivity index (χ4v) is 3.80. The Balaban J connectivity index is 2.63. The Morgan fingerprint density at radius 2 is 2.00 bits per heavy atom. The summed E-state index contributed by atoms with van der Waals surface area (Å²) in [6.07, 6.45) is 0. The van der Waals surface area contributed by atoms with Crippen molar-refractivity contribution in [2.75, 3.05) is 16.5 Å². The van der Waals surface area contributed by atoms with Crippen LogP contribution in [0.2, 0.25) is 0 Å². The first-order chi connectivity index (χ1) is 2.77.